The summed E-state index contributed by atoms with van der Waals surface area (Å²) in [6.45, 7) is 4.56. The van der Waals surface area contributed by atoms with Gasteiger partial charge in [-0.2, -0.15) is 0 Å². The van der Waals surface area contributed by atoms with Gasteiger partial charge in [0.2, 0.25) is 11.0 Å². The lowest BCUT2D eigenvalue weighted by molar-refractivity contribution is -0.117. The predicted molar refractivity (Wildman–Crippen MR) is 110 cm³/mol. The zero-order valence-electron chi connectivity index (χ0n) is 16.0. The number of nitrogens with one attached hydrogen (secondary N) is 1. The lowest BCUT2D eigenvalue weighted by Crippen LogP contribution is -2.24. The third-order valence-corrected chi connectivity index (χ3v) is 6.06. The van der Waals surface area contributed by atoms with Crippen LogP contribution in [-0.2, 0) is 4.79 Å². The van der Waals surface area contributed by atoms with E-state index in [4.69, 9.17) is 0 Å². The number of nitrogens with zero attached hydrogens (tertiary/aromatic N) is 3. The first-order valence-corrected chi connectivity index (χ1v) is 10.0. The summed E-state index contributed by atoms with van der Waals surface area (Å²) in [5.41, 5.74) is 3.13. The van der Waals surface area contributed by atoms with Gasteiger partial charge in [0.05, 0.1) is 5.56 Å². The number of halogens is 1. The SMILES string of the molecule is Cc1ccc(N2C[C@@H](c3nnc(NC(=O)c4ccccc4F)s3)CC2=O)cc1C. The molecular weight excluding hydrogens is 391 g/mol. The van der Waals surface area contributed by atoms with Crippen molar-refractivity contribution >= 4 is 34.0 Å². The Hall–Kier alpha value is -3.13. The van der Waals surface area contributed by atoms with Crippen LogP contribution in [0.25, 0.3) is 0 Å². The number of carbonyl (C=O) groups is 2. The van der Waals surface area contributed by atoms with E-state index in [-0.39, 0.29) is 22.5 Å². The summed E-state index contributed by atoms with van der Waals surface area (Å²) >= 11 is 1.21. The Bertz CT molecular complexity index is 1100. The number of aryl methyl sites for hydroxylation is 2. The zero-order valence-corrected chi connectivity index (χ0v) is 16.8. The lowest BCUT2D eigenvalue weighted by atomic mass is 10.1. The fourth-order valence-electron chi connectivity index (χ4n) is 3.28. The van der Waals surface area contributed by atoms with Gasteiger partial charge in [0.15, 0.2) is 0 Å². The molecular formula is C21H19FN4O2S. The average molecular weight is 410 g/mol. The van der Waals surface area contributed by atoms with Crippen molar-refractivity contribution in [2.24, 2.45) is 0 Å². The first-order valence-electron chi connectivity index (χ1n) is 9.19. The maximum Gasteiger partial charge on any atom is 0.260 e. The highest BCUT2D eigenvalue weighted by Crippen LogP contribution is 2.34. The first-order chi connectivity index (χ1) is 13.9. The van der Waals surface area contributed by atoms with Crippen molar-refractivity contribution in [3.8, 4) is 0 Å². The molecule has 148 valence electrons. The van der Waals surface area contributed by atoms with Crippen molar-refractivity contribution in [3.05, 3.63) is 70.0 Å². The van der Waals surface area contributed by atoms with E-state index in [1.165, 1.54) is 35.1 Å². The topological polar surface area (TPSA) is 75.2 Å². The molecule has 1 N–H and O–H groups in total. The fraction of sp³-hybridized carbons (Fsp3) is 0.238. The quantitative estimate of drug-likeness (QED) is 0.704. The summed E-state index contributed by atoms with van der Waals surface area (Å²) in [5.74, 6) is -1.24. The van der Waals surface area contributed by atoms with E-state index >= 15 is 0 Å². The molecule has 2 heterocycles. The highest BCUT2D eigenvalue weighted by atomic mass is 32.1. The molecule has 0 unspecified atom stereocenters. The summed E-state index contributed by atoms with van der Waals surface area (Å²) in [7, 11) is 0. The standard InChI is InChI=1S/C21H19FN4O2S/c1-12-7-8-15(9-13(12)2)26-11-14(10-18(26)27)20-24-25-21(29-20)23-19(28)16-5-3-4-6-17(16)22/h3-9,14H,10-11H2,1-2H3,(H,23,25,28)/t14-/m0/s1. The minimum absolute atomic E-state index is 0.0328. The molecule has 1 fully saturated rings. The Morgan fingerprint density at radius 1 is 1.17 bits per heavy atom. The highest BCUT2D eigenvalue weighted by molar-refractivity contribution is 7.15. The second-order valence-corrected chi connectivity index (χ2v) is 8.06. The largest absolute Gasteiger partial charge is 0.312 e. The highest BCUT2D eigenvalue weighted by Gasteiger charge is 2.34. The van der Waals surface area contributed by atoms with E-state index in [9.17, 15) is 14.0 Å². The van der Waals surface area contributed by atoms with Crippen LogP contribution in [0.15, 0.2) is 42.5 Å². The fourth-order valence-corrected chi connectivity index (χ4v) is 4.11. The van der Waals surface area contributed by atoms with Crippen molar-refractivity contribution < 1.29 is 14.0 Å². The van der Waals surface area contributed by atoms with Crippen LogP contribution >= 0.6 is 11.3 Å². The molecule has 1 saturated heterocycles. The maximum absolute atomic E-state index is 13.8. The molecule has 2 amide bonds. The van der Waals surface area contributed by atoms with Gasteiger partial charge in [-0.1, -0.05) is 29.5 Å². The second-order valence-electron chi connectivity index (χ2n) is 7.05. The molecule has 29 heavy (non-hydrogen) atoms. The van der Waals surface area contributed by atoms with Crippen molar-refractivity contribution in [2.75, 3.05) is 16.8 Å². The third-order valence-electron chi connectivity index (χ3n) is 5.06. The smallest absolute Gasteiger partial charge is 0.260 e. The molecule has 0 bridgehead atoms. The summed E-state index contributed by atoms with van der Waals surface area (Å²) in [6, 6.07) is 11.7. The van der Waals surface area contributed by atoms with Crippen molar-refractivity contribution in [1.29, 1.82) is 0 Å². The molecule has 1 aromatic heterocycles. The van der Waals surface area contributed by atoms with E-state index < -0.39 is 11.7 Å². The van der Waals surface area contributed by atoms with Gasteiger partial charge < -0.3 is 4.90 Å². The Morgan fingerprint density at radius 3 is 2.72 bits per heavy atom. The van der Waals surface area contributed by atoms with Crippen LogP contribution in [0.4, 0.5) is 15.2 Å². The lowest BCUT2D eigenvalue weighted by Gasteiger charge is -2.17. The molecule has 0 aliphatic carbocycles. The van der Waals surface area contributed by atoms with Crippen LogP contribution in [0.3, 0.4) is 0 Å². The third kappa shape index (κ3) is 3.88. The Kier molecular flexibility index (Phi) is 5.10. The molecule has 6 nitrogen and oxygen atoms in total. The van der Waals surface area contributed by atoms with Gasteiger partial charge in [-0.25, -0.2) is 4.39 Å². The van der Waals surface area contributed by atoms with Crippen LogP contribution in [0.1, 0.15) is 38.8 Å². The van der Waals surface area contributed by atoms with Gasteiger partial charge in [0.1, 0.15) is 10.8 Å². The van der Waals surface area contributed by atoms with Crippen LogP contribution in [-0.4, -0.2) is 28.6 Å². The van der Waals surface area contributed by atoms with Gasteiger partial charge in [-0.05, 0) is 49.2 Å². The van der Waals surface area contributed by atoms with Crippen LogP contribution in [0, 0.1) is 19.7 Å². The number of amides is 2. The van der Waals surface area contributed by atoms with E-state index in [2.05, 4.69) is 15.5 Å². The predicted octanol–water partition coefficient (Wildman–Crippen LogP) is 4.07. The normalized spacial score (nSPS) is 16.3. The number of anilines is 2. The van der Waals surface area contributed by atoms with Gasteiger partial charge in [-0.3, -0.25) is 14.9 Å². The summed E-state index contributed by atoms with van der Waals surface area (Å²) in [4.78, 5) is 26.5. The van der Waals surface area contributed by atoms with E-state index in [0.717, 1.165) is 11.3 Å². The zero-order chi connectivity index (χ0) is 20.5. The van der Waals surface area contributed by atoms with Gasteiger partial charge in [0, 0.05) is 24.6 Å². The molecule has 0 radical (unpaired) electrons. The average Bonchev–Trinajstić information content (AvgIpc) is 3.31. The minimum Gasteiger partial charge on any atom is -0.312 e. The van der Waals surface area contributed by atoms with Gasteiger partial charge in [0.25, 0.3) is 5.91 Å². The van der Waals surface area contributed by atoms with Crippen molar-refractivity contribution in [3.63, 3.8) is 0 Å². The Morgan fingerprint density at radius 2 is 1.97 bits per heavy atom. The second kappa shape index (κ2) is 7.71. The summed E-state index contributed by atoms with van der Waals surface area (Å²) in [5, 5.41) is 11.7. The number of hydrogen-bond donors (Lipinski definition) is 1. The number of hydrogen-bond acceptors (Lipinski definition) is 5. The van der Waals surface area contributed by atoms with Crippen molar-refractivity contribution in [1.82, 2.24) is 10.2 Å². The number of rotatable bonds is 4. The van der Waals surface area contributed by atoms with Gasteiger partial charge in [-0.15, -0.1) is 10.2 Å². The Balaban J connectivity index is 1.47. The summed E-state index contributed by atoms with van der Waals surface area (Å²) < 4.78 is 13.8. The van der Waals surface area contributed by atoms with Crippen LogP contribution in [0.2, 0.25) is 0 Å². The van der Waals surface area contributed by atoms with E-state index in [0.29, 0.717) is 18.0 Å². The van der Waals surface area contributed by atoms with E-state index in [1.54, 1.807) is 11.0 Å². The monoisotopic (exact) mass is 410 g/mol. The number of carbonyl (C=O) groups excluding carboxylic acids is 2. The molecule has 8 heteroatoms. The molecule has 0 spiro atoms. The number of aromatic nitrogens is 2. The minimum atomic E-state index is -0.597. The molecule has 0 saturated carbocycles. The molecule has 3 aromatic rings. The maximum atomic E-state index is 13.8. The van der Waals surface area contributed by atoms with Crippen LogP contribution in [0.5, 0.6) is 0 Å². The molecule has 1 atom stereocenters. The summed E-state index contributed by atoms with van der Waals surface area (Å²) in [6.07, 6.45) is 0.336. The van der Waals surface area contributed by atoms with Crippen LogP contribution < -0.4 is 10.2 Å². The molecule has 4 rings (SSSR count). The van der Waals surface area contributed by atoms with Gasteiger partial charge >= 0.3 is 0 Å². The molecule has 2 aromatic carbocycles. The van der Waals surface area contributed by atoms with E-state index in [1.807, 2.05) is 32.0 Å². The molecule has 1 aliphatic rings. The number of benzene rings is 2. The first kappa shape index (κ1) is 19.2. The Labute approximate surface area is 171 Å². The molecule has 1 aliphatic heterocycles. The van der Waals surface area contributed by atoms with Crippen molar-refractivity contribution in [2.45, 2.75) is 26.2 Å².